The van der Waals surface area contributed by atoms with Crippen LogP contribution >= 0.6 is 0 Å². The van der Waals surface area contributed by atoms with Gasteiger partial charge in [-0.05, 0) is 26.3 Å². The molecule has 0 spiro atoms. The van der Waals surface area contributed by atoms with E-state index in [0.29, 0.717) is 11.3 Å². The predicted octanol–water partition coefficient (Wildman–Crippen LogP) is 1.69. The van der Waals surface area contributed by atoms with Gasteiger partial charge in [-0.2, -0.15) is 0 Å². The van der Waals surface area contributed by atoms with Gasteiger partial charge in [0.2, 0.25) is 0 Å². The third-order valence-corrected chi connectivity index (χ3v) is 4.97. The van der Waals surface area contributed by atoms with Crippen LogP contribution in [0.4, 0.5) is 0 Å². The van der Waals surface area contributed by atoms with Gasteiger partial charge in [0.1, 0.15) is 12.4 Å². The van der Waals surface area contributed by atoms with Gasteiger partial charge in [0.05, 0.1) is 17.6 Å². The number of ether oxygens (including phenoxy) is 1. The van der Waals surface area contributed by atoms with E-state index >= 15 is 0 Å². The summed E-state index contributed by atoms with van der Waals surface area (Å²) in [4.78, 5) is 0. The lowest BCUT2D eigenvalue weighted by Crippen LogP contribution is -2.22. The normalized spacial score (nSPS) is 11.8. The van der Waals surface area contributed by atoms with Gasteiger partial charge in [-0.3, -0.25) is 0 Å². The monoisotopic (exact) mass is 272 g/mol. The summed E-state index contributed by atoms with van der Waals surface area (Å²) in [6.45, 7) is 5.17. The molecule has 1 aromatic carbocycles. The molecule has 1 N–H and O–H groups in total. The maximum absolute atomic E-state index is 11.6. The van der Waals surface area contributed by atoms with E-state index in [0.717, 1.165) is 5.56 Å². The highest BCUT2D eigenvalue weighted by Gasteiger charge is 2.16. The molecule has 4 nitrogen and oxygen atoms in total. The molecule has 0 radical (unpaired) electrons. The molecule has 0 heterocycles. The lowest BCUT2D eigenvalue weighted by atomic mass is 10.1. The first-order chi connectivity index (χ1) is 8.38. The summed E-state index contributed by atoms with van der Waals surface area (Å²) >= 11 is 0. The molecule has 0 aliphatic carbocycles. The molecule has 18 heavy (non-hydrogen) atoms. The van der Waals surface area contributed by atoms with Crippen molar-refractivity contribution in [2.45, 2.75) is 32.6 Å². The molecule has 0 bridgehead atoms. The summed E-state index contributed by atoms with van der Waals surface area (Å²) in [7, 11) is -3.09. The Kier molecular flexibility index (Phi) is 5.16. The zero-order valence-corrected chi connectivity index (χ0v) is 11.8. The average molecular weight is 272 g/mol. The molecular formula is C13H20O4S. The molecule has 1 rings (SSSR count). The second kappa shape index (κ2) is 6.20. The molecular weight excluding hydrogens is 252 g/mol. The summed E-state index contributed by atoms with van der Waals surface area (Å²) < 4.78 is 28.8. The van der Waals surface area contributed by atoms with Crippen molar-refractivity contribution in [3.8, 4) is 5.75 Å². The highest BCUT2D eigenvalue weighted by Crippen LogP contribution is 2.23. The first-order valence-electron chi connectivity index (χ1n) is 5.92. The number of hydrogen-bond acceptors (Lipinski definition) is 4. The Morgan fingerprint density at radius 2 is 2.00 bits per heavy atom. The van der Waals surface area contributed by atoms with E-state index in [2.05, 4.69) is 0 Å². The van der Waals surface area contributed by atoms with Crippen LogP contribution in [-0.4, -0.2) is 31.1 Å². The Balaban J connectivity index is 2.70. The quantitative estimate of drug-likeness (QED) is 0.856. The van der Waals surface area contributed by atoms with Crippen LogP contribution in [0, 0.1) is 6.92 Å². The van der Waals surface area contributed by atoms with Crippen LogP contribution < -0.4 is 4.74 Å². The Morgan fingerprint density at radius 3 is 2.56 bits per heavy atom. The molecule has 0 aliphatic rings. The first kappa shape index (κ1) is 15.0. The van der Waals surface area contributed by atoms with Crippen molar-refractivity contribution < 1.29 is 18.3 Å². The van der Waals surface area contributed by atoms with Crippen molar-refractivity contribution in [2.24, 2.45) is 0 Å². The molecule has 0 saturated carbocycles. The third-order valence-electron chi connectivity index (χ3n) is 2.80. The van der Waals surface area contributed by atoms with Gasteiger partial charge >= 0.3 is 0 Å². The van der Waals surface area contributed by atoms with Gasteiger partial charge in [0, 0.05) is 5.56 Å². The minimum Gasteiger partial charge on any atom is -0.492 e. The molecule has 0 fully saturated rings. The summed E-state index contributed by atoms with van der Waals surface area (Å²) in [5, 5.41) is 8.80. The first-order valence-corrected chi connectivity index (χ1v) is 7.63. The van der Waals surface area contributed by atoms with E-state index in [1.54, 1.807) is 19.9 Å². The average Bonchev–Trinajstić information content (AvgIpc) is 2.30. The fraction of sp³-hybridized carbons (Fsp3) is 0.538. The molecule has 0 saturated heterocycles. The standard InChI is InChI=1S/C13H20O4S/c1-10(2)18(15,16)8-7-17-13-11(3)5-4-6-12(13)9-14/h4-6,10,14H,7-9H2,1-3H3. The zero-order chi connectivity index (χ0) is 13.8. The van der Waals surface area contributed by atoms with Gasteiger partial charge < -0.3 is 9.84 Å². The second-order valence-corrected chi connectivity index (χ2v) is 7.16. The van der Waals surface area contributed by atoms with Crippen molar-refractivity contribution in [1.29, 1.82) is 0 Å². The molecule has 0 atom stereocenters. The zero-order valence-electron chi connectivity index (χ0n) is 11.0. The lowest BCUT2D eigenvalue weighted by molar-refractivity contribution is 0.266. The van der Waals surface area contributed by atoms with Crippen molar-refractivity contribution >= 4 is 9.84 Å². The van der Waals surface area contributed by atoms with Crippen molar-refractivity contribution in [3.63, 3.8) is 0 Å². The molecule has 1 aromatic rings. The van der Waals surface area contributed by atoms with E-state index in [1.165, 1.54) is 0 Å². The Labute approximate surface area is 109 Å². The van der Waals surface area contributed by atoms with Crippen molar-refractivity contribution in [2.75, 3.05) is 12.4 Å². The molecule has 0 unspecified atom stereocenters. The van der Waals surface area contributed by atoms with Crippen molar-refractivity contribution in [1.82, 2.24) is 0 Å². The van der Waals surface area contributed by atoms with Gasteiger partial charge in [-0.15, -0.1) is 0 Å². The van der Waals surface area contributed by atoms with Crippen LogP contribution in [0.25, 0.3) is 0 Å². The van der Waals surface area contributed by atoms with Crippen LogP contribution in [0.5, 0.6) is 5.75 Å². The number of hydrogen-bond donors (Lipinski definition) is 1. The van der Waals surface area contributed by atoms with E-state index in [1.807, 2.05) is 19.1 Å². The van der Waals surface area contributed by atoms with Gasteiger partial charge in [-0.1, -0.05) is 18.2 Å². The second-order valence-electron chi connectivity index (χ2n) is 4.49. The summed E-state index contributed by atoms with van der Waals surface area (Å²) in [6, 6.07) is 5.46. The number of aryl methyl sites for hydroxylation is 1. The van der Waals surface area contributed by atoms with E-state index in [4.69, 9.17) is 4.74 Å². The molecule has 0 aromatic heterocycles. The summed E-state index contributed by atoms with van der Waals surface area (Å²) in [5.74, 6) is 0.572. The van der Waals surface area contributed by atoms with E-state index in [9.17, 15) is 13.5 Å². The van der Waals surface area contributed by atoms with Crippen LogP contribution in [0.15, 0.2) is 18.2 Å². The van der Waals surface area contributed by atoms with E-state index < -0.39 is 15.1 Å². The van der Waals surface area contributed by atoms with Crippen LogP contribution in [0.1, 0.15) is 25.0 Å². The largest absolute Gasteiger partial charge is 0.492 e. The lowest BCUT2D eigenvalue weighted by Gasteiger charge is -2.13. The van der Waals surface area contributed by atoms with Crippen LogP contribution in [0.2, 0.25) is 0 Å². The Morgan fingerprint density at radius 1 is 1.33 bits per heavy atom. The number of benzene rings is 1. The highest BCUT2D eigenvalue weighted by atomic mass is 32.2. The Bertz CT molecular complexity index is 492. The summed E-state index contributed by atoms with van der Waals surface area (Å²) in [6.07, 6.45) is 0. The highest BCUT2D eigenvalue weighted by molar-refractivity contribution is 7.91. The summed E-state index contributed by atoms with van der Waals surface area (Å²) in [5.41, 5.74) is 1.57. The number of aliphatic hydroxyl groups excluding tert-OH is 1. The maximum Gasteiger partial charge on any atom is 0.155 e. The number of aliphatic hydroxyl groups is 1. The molecule has 0 amide bonds. The topological polar surface area (TPSA) is 63.6 Å². The Hall–Kier alpha value is -1.07. The number of rotatable bonds is 6. The van der Waals surface area contributed by atoms with E-state index in [-0.39, 0.29) is 19.0 Å². The smallest absolute Gasteiger partial charge is 0.155 e. The molecule has 5 heteroatoms. The van der Waals surface area contributed by atoms with Crippen molar-refractivity contribution in [3.05, 3.63) is 29.3 Å². The predicted molar refractivity (Wildman–Crippen MR) is 71.5 cm³/mol. The maximum atomic E-state index is 11.6. The fourth-order valence-corrected chi connectivity index (χ4v) is 2.33. The SMILES string of the molecule is Cc1cccc(CO)c1OCCS(=O)(=O)C(C)C. The van der Waals surface area contributed by atoms with Gasteiger partial charge in [0.15, 0.2) is 9.84 Å². The third kappa shape index (κ3) is 3.71. The minimum absolute atomic E-state index is 0.0101. The van der Waals surface area contributed by atoms with Gasteiger partial charge in [0.25, 0.3) is 0 Å². The van der Waals surface area contributed by atoms with Crippen LogP contribution in [0.3, 0.4) is 0 Å². The van der Waals surface area contributed by atoms with Crippen LogP contribution in [-0.2, 0) is 16.4 Å². The number of sulfone groups is 1. The number of para-hydroxylation sites is 1. The minimum atomic E-state index is -3.09. The molecule has 102 valence electrons. The molecule has 0 aliphatic heterocycles. The van der Waals surface area contributed by atoms with Gasteiger partial charge in [-0.25, -0.2) is 8.42 Å². The fourth-order valence-electron chi connectivity index (χ4n) is 1.54.